The van der Waals surface area contributed by atoms with Gasteiger partial charge in [-0.1, -0.05) is 65.7 Å². The van der Waals surface area contributed by atoms with Crippen molar-refractivity contribution < 1.29 is 9.59 Å². The quantitative estimate of drug-likeness (QED) is 0.321. The maximum Gasteiger partial charge on any atom is 0.286 e. The van der Waals surface area contributed by atoms with Crippen LogP contribution in [0.3, 0.4) is 0 Å². The number of para-hydroxylation sites is 1. The molecule has 3 aliphatic heterocycles. The van der Waals surface area contributed by atoms with Gasteiger partial charge in [0.15, 0.2) is 5.17 Å². The molecule has 0 radical (unpaired) electrons. The van der Waals surface area contributed by atoms with Crippen molar-refractivity contribution in [3.8, 4) is 0 Å². The van der Waals surface area contributed by atoms with Crippen LogP contribution in [-0.2, 0) is 9.59 Å². The van der Waals surface area contributed by atoms with Crippen molar-refractivity contribution in [2.24, 2.45) is 21.1 Å². The fourth-order valence-electron chi connectivity index (χ4n) is 4.74. The largest absolute Gasteiger partial charge is 0.286 e. The minimum Gasteiger partial charge on any atom is -0.271 e. The molecule has 39 heavy (non-hydrogen) atoms. The van der Waals surface area contributed by atoms with Crippen molar-refractivity contribution in [3.05, 3.63) is 105 Å². The summed E-state index contributed by atoms with van der Waals surface area (Å²) in [5, 5.41) is 14.3. The molecule has 3 heterocycles. The minimum atomic E-state index is -0.600. The second-order valence-electron chi connectivity index (χ2n) is 9.23. The maximum absolute atomic E-state index is 13.5. The average molecular weight is 574 g/mol. The highest BCUT2D eigenvalue weighted by Gasteiger charge is 2.44. The van der Waals surface area contributed by atoms with Gasteiger partial charge in [-0.2, -0.15) is 20.2 Å². The van der Waals surface area contributed by atoms with E-state index < -0.39 is 5.92 Å². The summed E-state index contributed by atoms with van der Waals surface area (Å²) < 4.78 is 0. The van der Waals surface area contributed by atoms with Gasteiger partial charge in [-0.05, 0) is 72.3 Å². The molecule has 3 aromatic carbocycles. The predicted molar refractivity (Wildman–Crippen MR) is 158 cm³/mol. The lowest BCUT2D eigenvalue weighted by Gasteiger charge is -2.22. The van der Waals surface area contributed by atoms with Gasteiger partial charge < -0.3 is 0 Å². The lowest BCUT2D eigenvalue weighted by Crippen LogP contribution is -2.32. The van der Waals surface area contributed by atoms with Crippen molar-refractivity contribution in [1.82, 2.24) is 5.01 Å². The molecule has 0 N–H and O–H groups in total. The number of hydrazone groups is 2. The number of carbonyl (C=O) groups is 2. The molecule has 3 aliphatic rings. The highest BCUT2D eigenvalue weighted by molar-refractivity contribution is 8.18. The smallest absolute Gasteiger partial charge is 0.271 e. The first-order valence-corrected chi connectivity index (χ1v) is 13.8. The lowest BCUT2D eigenvalue weighted by atomic mass is 9.92. The molecule has 10 heteroatoms. The summed E-state index contributed by atoms with van der Waals surface area (Å²) in [6.45, 7) is 1.84. The Balaban J connectivity index is 1.32. The number of hydrogen-bond donors (Lipinski definition) is 0. The van der Waals surface area contributed by atoms with Crippen LogP contribution in [0.15, 0.2) is 99.0 Å². The fraction of sp³-hybridized carbons (Fsp3) is 0.138. The molecule has 0 saturated heterocycles. The van der Waals surface area contributed by atoms with Crippen LogP contribution in [0.1, 0.15) is 30.5 Å². The van der Waals surface area contributed by atoms with Gasteiger partial charge in [0.05, 0.1) is 28.1 Å². The van der Waals surface area contributed by atoms with E-state index in [1.165, 1.54) is 16.8 Å². The summed E-state index contributed by atoms with van der Waals surface area (Å²) in [7, 11) is 0. The van der Waals surface area contributed by atoms with E-state index in [0.29, 0.717) is 43.6 Å². The Morgan fingerprint density at radius 3 is 2.26 bits per heavy atom. The van der Waals surface area contributed by atoms with Crippen LogP contribution in [-0.4, -0.2) is 33.4 Å². The van der Waals surface area contributed by atoms with Crippen LogP contribution in [0.5, 0.6) is 0 Å². The molecule has 0 aliphatic carbocycles. The third-order valence-corrected chi connectivity index (χ3v) is 8.10. The summed E-state index contributed by atoms with van der Waals surface area (Å²) in [5.74, 6) is -1.10. The number of benzene rings is 3. The molecule has 0 saturated carbocycles. The van der Waals surface area contributed by atoms with E-state index in [1.807, 2.05) is 73.7 Å². The third-order valence-electron chi connectivity index (χ3n) is 6.63. The van der Waals surface area contributed by atoms with E-state index >= 15 is 0 Å². The topological polar surface area (TPSA) is 77.7 Å². The van der Waals surface area contributed by atoms with Crippen molar-refractivity contribution in [2.75, 3.05) is 5.01 Å². The number of amides is 2. The van der Waals surface area contributed by atoms with Crippen molar-refractivity contribution >= 4 is 75.1 Å². The Hall–Kier alpha value is -3.72. The number of anilines is 1. The molecule has 7 nitrogen and oxygen atoms in total. The molecule has 2 unspecified atom stereocenters. The van der Waals surface area contributed by atoms with Gasteiger partial charge in [-0.3, -0.25) is 9.59 Å². The van der Waals surface area contributed by atoms with Gasteiger partial charge in [0.1, 0.15) is 5.92 Å². The number of aliphatic imine (C=N–C) groups is 1. The Morgan fingerprint density at radius 2 is 1.56 bits per heavy atom. The lowest BCUT2D eigenvalue weighted by molar-refractivity contribution is -0.118. The van der Waals surface area contributed by atoms with Crippen LogP contribution in [0.25, 0.3) is 6.08 Å². The first-order chi connectivity index (χ1) is 18.9. The van der Waals surface area contributed by atoms with E-state index in [1.54, 1.807) is 23.2 Å². The number of hydrogen-bond acceptors (Lipinski definition) is 6. The zero-order chi connectivity index (χ0) is 27.1. The molecular formula is C29H21Cl2N5O2S. The second-order valence-corrected chi connectivity index (χ2v) is 11.1. The van der Waals surface area contributed by atoms with Gasteiger partial charge in [0.2, 0.25) is 0 Å². The van der Waals surface area contributed by atoms with E-state index in [4.69, 9.17) is 28.3 Å². The molecule has 0 aromatic heterocycles. The molecule has 0 bridgehead atoms. The normalized spacial score (nSPS) is 22.0. The number of nitrogens with zero attached hydrogens (tertiary/aromatic N) is 5. The zero-order valence-electron chi connectivity index (χ0n) is 20.7. The maximum atomic E-state index is 13.5. The number of rotatable bonds is 4. The fourth-order valence-corrected chi connectivity index (χ4v) is 5.91. The molecule has 6 rings (SSSR count). The number of thioether (sulfide) groups is 1. The van der Waals surface area contributed by atoms with Crippen LogP contribution < -0.4 is 5.01 Å². The Bertz CT molecular complexity index is 1580. The Morgan fingerprint density at radius 1 is 0.897 bits per heavy atom. The zero-order valence-corrected chi connectivity index (χ0v) is 23.0. The highest BCUT2D eigenvalue weighted by Crippen LogP contribution is 2.41. The first-order valence-electron chi connectivity index (χ1n) is 12.2. The molecule has 3 aromatic rings. The van der Waals surface area contributed by atoms with E-state index in [9.17, 15) is 9.59 Å². The minimum absolute atomic E-state index is 0.158. The summed E-state index contributed by atoms with van der Waals surface area (Å²) >= 11 is 13.4. The monoisotopic (exact) mass is 573 g/mol. The average Bonchev–Trinajstić information content (AvgIpc) is 3.61. The standard InChI is InChI=1S/C29H21Cl2N5O2S/c1-17-26(28(38)35(33-17)22-5-3-2-4-6-22)23-16-24(19-9-13-21(31)14-10-19)36(34-23)29-32-27(37)25(39-29)15-18-7-11-20(30)12-8-18/h2-15,24,26H,16H2,1H3/b25-15+. The molecule has 2 atom stereocenters. The number of carbonyl (C=O) groups excluding carboxylic acids is 2. The van der Waals surface area contributed by atoms with Crippen LogP contribution in [0.2, 0.25) is 10.0 Å². The van der Waals surface area contributed by atoms with Gasteiger partial charge in [0, 0.05) is 16.5 Å². The van der Waals surface area contributed by atoms with E-state index in [0.717, 1.165) is 11.1 Å². The predicted octanol–water partition coefficient (Wildman–Crippen LogP) is 6.81. The summed E-state index contributed by atoms with van der Waals surface area (Å²) in [6.07, 6.45) is 2.25. The van der Waals surface area contributed by atoms with Gasteiger partial charge in [-0.15, -0.1) is 0 Å². The molecule has 0 fully saturated rings. The van der Waals surface area contributed by atoms with Gasteiger partial charge in [0.25, 0.3) is 11.8 Å². The SMILES string of the molecule is CC1=NN(c2ccccc2)C(=O)C1C1=NN(C2=NC(=O)/C(=C\c3ccc(Cl)cc3)S2)C(c2ccc(Cl)cc2)C1. The summed E-state index contributed by atoms with van der Waals surface area (Å²) in [4.78, 5) is 31.2. The van der Waals surface area contributed by atoms with Crippen molar-refractivity contribution in [2.45, 2.75) is 19.4 Å². The van der Waals surface area contributed by atoms with Crippen molar-refractivity contribution in [1.29, 1.82) is 0 Å². The van der Waals surface area contributed by atoms with Crippen molar-refractivity contribution in [3.63, 3.8) is 0 Å². The van der Waals surface area contributed by atoms with E-state index in [-0.39, 0.29) is 17.9 Å². The number of halogens is 2. The highest BCUT2D eigenvalue weighted by atomic mass is 35.5. The molecule has 194 valence electrons. The van der Waals surface area contributed by atoms with Gasteiger partial charge in [-0.25, -0.2) is 5.01 Å². The third kappa shape index (κ3) is 5.03. The Labute approximate surface area is 239 Å². The van der Waals surface area contributed by atoms with Gasteiger partial charge >= 0.3 is 0 Å². The Kier molecular flexibility index (Phi) is 6.85. The second kappa shape index (κ2) is 10.4. The summed E-state index contributed by atoms with van der Waals surface area (Å²) in [6, 6.07) is 23.8. The van der Waals surface area contributed by atoms with Crippen LogP contribution in [0, 0.1) is 5.92 Å². The van der Waals surface area contributed by atoms with E-state index in [2.05, 4.69) is 10.1 Å². The first kappa shape index (κ1) is 25.6. The molecule has 2 amide bonds. The molecule has 0 spiro atoms. The molecular weight excluding hydrogens is 553 g/mol. The number of amidine groups is 1. The van der Waals surface area contributed by atoms with Crippen LogP contribution in [0.4, 0.5) is 5.69 Å². The summed E-state index contributed by atoms with van der Waals surface area (Å²) in [5.41, 5.74) is 3.83. The van der Waals surface area contributed by atoms with Crippen LogP contribution >= 0.6 is 35.0 Å².